The average Bonchev–Trinajstić information content (AvgIpc) is 2.61. The van der Waals surface area contributed by atoms with E-state index in [0.717, 1.165) is 43.2 Å². The van der Waals surface area contributed by atoms with Gasteiger partial charge in [0.05, 0.1) is 0 Å². The summed E-state index contributed by atoms with van der Waals surface area (Å²) < 4.78 is 5.54. The number of nitrogens with one attached hydrogen (secondary N) is 1. The monoisotopic (exact) mass is 326 g/mol. The van der Waals surface area contributed by atoms with Crippen LogP contribution in [0.1, 0.15) is 18.4 Å². The highest BCUT2D eigenvalue weighted by atomic mass is 16.5. The van der Waals surface area contributed by atoms with E-state index >= 15 is 0 Å². The topological polar surface area (TPSA) is 67.3 Å². The minimum Gasteiger partial charge on any atom is -0.484 e. The quantitative estimate of drug-likeness (QED) is 0.909. The molecule has 1 aliphatic heterocycles. The van der Waals surface area contributed by atoms with E-state index in [2.05, 4.69) is 20.2 Å². The second kappa shape index (κ2) is 7.77. The van der Waals surface area contributed by atoms with E-state index in [1.807, 2.05) is 37.3 Å². The zero-order valence-corrected chi connectivity index (χ0v) is 13.8. The normalized spacial score (nSPS) is 15.1. The van der Waals surface area contributed by atoms with Crippen LogP contribution in [-0.2, 0) is 4.79 Å². The van der Waals surface area contributed by atoms with Crippen molar-refractivity contribution in [2.45, 2.75) is 25.8 Å². The molecule has 0 bridgehead atoms. The molecule has 1 aromatic carbocycles. The smallest absolute Gasteiger partial charge is 0.258 e. The molecule has 1 N–H and O–H groups in total. The number of amides is 1. The Bertz CT molecular complexity index is 670. The van der Waals surface area contributed by atoms with E-state index in [1.54, 1.807) is 12.4 Å². The van der Waals surface area contributed by atoms with Crippen molar-refractivity contribution < 1.29 is 9.53 Å². The van der Waals surface area contributed by atoms with Crippen molar-refractivity contribution in [2.75, 3.05) is 24.6 Å². The summed E-state index contributed by atoms with van der Waals surface area (Å²) in [5, 5.41) is 3.04. The summed E-state index contributed by atoms with van der Waals surface area (Å²) in [6.45, 7) is 3.73. The molecule has 2 aromatic rings. The van der Waals surface area contributed by atoms with Crippen LogP contribution in [0, 0.1) is 6.92 Å². The molecule has 0 saturated carbocycles. The van der Waals surface area contributed by atoms with Crippen molar-refractivity contribution >= 4 is 11.9 Å². The lowest BCUT2D eigenvalue weighted by Gasteiger charge is -2.32. The number of hydrogen-bond donors (Lipinski definition) is 1. The van der Waals surface area contributed by atoms with E-state index in [9.17, 15) is 4.79 Å². The van der Waals surface area contributed by atoms with Crippen LogP contribution in [0.25, 0.3) is 0 Å². The minimum absolute atomic E-state index is 0.0471. The van der Waals surface area contributed by atoms with Gasteiger partial charge in [-0.25, -0.2) is 9.97 Å². The van der Waals surface area contributed by atoms with E-state index in [1.165, 1.54) is 0 Å². The third kappa shape index (κ3) is 4.44. The largest absolute Gasteiger partial charge is 0.484 e. The standard InChI is InChI=1S/C18H22N4O2/c1-14-4-2-5-16(12-14)24-13-17(23)21-15-6-10-22(11-7-15)18-19-8-3-9-20-18/h2-5,8-9,12,15H,6-7,10-11,13H2,1H3,(H,21,23). The molecule has 2 heterocycles. The SMILES string of the molecule is Cc1cccc(OCC(=O)NC2CCN(c3ncccn3)CC2)c1. The van der Waals surface area contributed by atoms with Gasteiger partial charge in [-0.3, -0.25) is 4.79 Å². The summed E-state index contributed by atoms with van der Waals surface area (Å²) in [6, 6.07) is 9.69. The number of rotatable bonds is 5. The van der Waals surface area contributed by atoms with Crippen LogP contribution in [0.2, 0.25) is 0 Å². The Morgan fingerprint density at radius 2 is 2.00 bits per heavy atom. The van der Waals surface area contributed by atoms with Crippen molar-refractivity contribution in [3.05, 3.63) is 48.3 Å². The van der Waals surface area contributed by atoms with Crippen LogP contribution in [0.5, 0.6) is 5.75 Å². The van der Waals surface area contributed by atoms with E-state index in [-0.39, 0.29) is 18.6 Å². The zero-order valence-electron chi connectivity index (χ0n) is 13.8. The van der Waals surface area contributed by atoms with Gasteiger partial charge in [0.2, 0.25) is 5.95 Å². The average molecular weight is 326 g/mol. The lowest BCUT2D eigenvalue weighted by Crippen LogP contribution is -2.46. The Morgan fingerprint density at radius 3 is 2.71 bits per heavy atom. The van der Waals surface area contributed by atoms with Gasteiger partial charge in [0, 0.05) is 31.5 Å². The Morgan fingerprint density at radius 1 is 1.25 bits per heavy atom. The molecule has 1 aromatic heterocycles. The Balaban J connectivity index is 1.42. The number of piperidine rings is 1. The first kappa shape index (κ1) is 16.2. The molecule has 3 rings (SSSR count). The lowest BCUT2D eigenvalue weighted by molar-refractivity contribution is -0.123. The molecule has 0 atom stereocenters. The van der Waals surface area contributed by atoms with Gasteiger partial charge in [0.1, 0.15) is 5.75 Å². The van der Waals surface area contributed by atoms with E-state index in [0.29, 0.717) is 0 Å². The van der Waals surface area contributed by atoms with Gasteiger partial charge in [-0.1, -0.05) is 12.1 Å². The Labute approximate surface area is 141 Å². The fourth-order valence-corrected chi connectivity index (χ4v) is 2.80. The molecule has 0 radical (unpaired) electrons. The summed E-state index contributed by atoms with van der Waals surface area (Å²) in [5.41, 5.74) is 1.11. The molecule has 6 heteroatoms. The van der Waals surface area contributed by atoms with Crippen molar-refractivity contribution in [2.24, 2.45) is 0 Å². The maximum Gasteiger partial charge on any atom is 0.258 e. The highest BCUT2D eigenvalue weighted by Gasteiger charge is 2.22. The summed E-state index contributed by atoms with van der Waals surface area (Å²) in [6.07, 6.45) is 5.26. The molecule has 1 saturated heterocycles. The number of nitrogens with zero attached hydrogens (tertiary/aromatic N) is 3. The van der Waals surface area contributed by atoms with Crippen LogP contribution in [0.4, 0.5) is 5.95 Å². The summed E-state index contributed by atoms with van der Waals surface area (Å²) in [5.74, 6) is 1.40. The van der Waals surface area contributed by atoms with Gasteiger partial charge in [0.25, 0.3) is 5.91 Å². The molecule has 0 spiro atoms. The number of ether oxygens (including phenoxy) is 1. The number of anilines is 1. The molecule has 0 unspecified atom stereocenters. The van der Waals surface area contributed by atoms with Crippen LogP contribution < -0.4 is 15.0 Å². The van der Waals surface area contributed by atoms with Gasteiger partial charge in [0.15, 0.2) is 6.61 Å². The van der Waals surface area contributed by atoms with Crippen molar-refractivity contribution in [1.82, 2.24) is 15.3 Å². The number of aryl methyl sites for hydroxylation is 1. The van der Waals surface area contributed by atoms with Crippen LogP contribution in [-0.4, -0.2) is 41.6 Å². The fraction of sp³-hybridized carbons (Fsp3) is 0.389. The molecular weight excluding hydrogens is 304 g/mol. The Kier molecular flexibility index (Phi) is 5.25. The molecule has 24 heavy (non-hydrogen) atoms. The zero-order chi connectivity index (χ0) is 16.8. The van der Waals surface area contributed by atoms with Crippen LogP contribution >= 0.6 is 0 Å². The van der Waals surface area contributed by atoms with Crippen molar-refractivity contribution in [1.29, 1.82) is 0 Å². The molecule has 6 nitrogen and oxygen atoms in total. The molecule has 1 fully saturated rings. The molecule has 1 aliphatic rings. The van der Waals surface area contributed by atoms with Gasteiger partial charge in [-0.2, -0.15) is 0 Å². The summed E-state index contributed by atoms with van der Waals surface area (Å²) in [7, 11) is 0. The maximum atomic E-state index is 12.0. The second-order valence-electron chi connectivity index (χ2n) is 5.98. The number of aromatic nitrogens is 2. The first-order chi connectivity index (χ1) is 11.7. The van der Waals surface area contributed by atoms with Crippen LogP contribution in [0.15, 0.2) is 42.7 Å². The van der Waals surface area contributed by atoms with E-state index < -0.39 is 0 Å². The summed E-state index contributed by atoms with van der Waals surface area (Å²) in [4.78, 5) is 22.7. The van der Waals surface area contributed by atoms with Crippen molar-refractivity contribution in [3.8, 4) is 5.75 Å². The number of carbonyl (C=O) groups excluding carboxylic acids is 1. The highest BCUT2D eigenvalue weighted by molar-refractivity contribution is 5.77. The second-order valence-corrected chi connectivity index (χ2v) is 5.98. The van der Waals surface area contributed by atoms with Gasteiger partial charge >= 0.3 is 0 Å². The third-order valence-corrected chi connectivity index (χ3v) is 4.05. The number of hydrogen-bond acceptors (Lipinski definition) is 5. The highest BCUT2D eigenvalue weighted by Crippen LogP contribution is 2.15. The fourth-order valence-electron chi connectivity index (χ4n) is 2.80. The molecule has 1 amide bonds. The maximum absolute atomic E-state index is 12.0. The van der Waals surface area contributed by atoms with E-state index in [4.69, 9.17) is 4.74 Å². The van der Waals surface area contributed by atoms with Gasteiger partial charge in [-0.15, -0.1) is 0 Å². The number of carbonyl (C=O) groups is 1. The summed E-state index contributed by atoms with van der Waals surface area (Å²) >= 11 is 0. The Hall–Kier alpha value is -2.63. The molecule has 126 valence electrons. The molecule has 0 aliphatic carbocycles. The number of benzene rings is 1. The lowest BCUT2D eigenvalue weighted by atomic mass is 10.1. The predicted octanol–water partition coefficient (Wildman–Crippen LogP) is 1.95. The first-order valence-electron chi connectivity index (χ1n) is 8.21. The molecular formula is C18H22N4O2. The van der Waals surface area contributed by atoms with Gasteiger partial charge < -0.3 is 15.0 Å². The minimum atomic E-state index is -0.0779. The van der Waals surface area contributed by atoms with Crippen LogP contribution in [0.3, 0.4) is 0 Å². The van der Waals surface area contributed by atoms with Gasteiger partial charge in [-0.05, 0) is 43.5 Å². The predicted molar refractivity (Wildman–Crippen MR) is 92.1 cm³/mol. The van der Waals surface area contributed by atoms with Crippen molar-refractivity contribution in [3.63, 3.8) is 0 Å². The third-order valence-electron chi connectivity index (χ3n) is 4.05. The first-order valence-corrected chi connectivity index (χ1v) is 8.21.